The van der Waals surface area contributed by atoms with Gasteiger partial charge in [0.05, 0.1) is 12.8 Å². The summed E-state index contributed by atoms with van der Waals surface area (Å²) in [5.74, 6) is 0.647. The van der Waals surface area contributed by atoms with E-state index >= 15 is 0 Å². The lowest BCUT2D eigenvalue weighted by Gasteiger charge is -2.13. The number of nitrogens with one attached hydrogen (secondary N) is 1. The van der Waals surface area contributed by atoms with Crippen LogP contribution in [0.2, 0.25) is 5.02 Å². The predicted molar refractivity (Wildman–Crippen MR) is 107 cm³/mol. The minimum absolute atomic E-state index is 0.254. The van der Waals surface area contributed by atoms with Crippen LogP contribution in [0.3, 0.4) is 0 Å². The van der Waals surface area contributed by atoms with E-state index in [0.717, 1.165) is 22.1 Å². The molecule has 6 nitrogen and oxygen atoms in total. The summed E-state index contributed by atoms with van der Waals surface area (Å²) in [6, 6.07) is 14.7. The third kappa shape index (κ3) is 3.87. The van der Waals surface area contributed by atoms with Crippen LogP contribution in [0.15, 0.2) is 75.0 Å². The maximum atomic E-state index is 11.8. The average molecular weight is 397 g/mol. The molecule has 0 saturated carbocycles. The van der Waals surface area contributed by atoms with Gasteiger partial charge in [-0.2, -0.15) is 0 Å². The van der Waals surface area contributed by atoms with Crippen LogP contribution in [-0.2, 0) is 13.0 Å². The zero-order chi connectivity index (χ0) is 19.5. The monoisotopic (exact) mass is 396 g/mol. The molecule has 0 radical (unpaired) electrons. The lowest BCUT2D eigenvalue weighted by atomic mass is 10.0. The summed E-state index contributed by atoms with van der Waals surface area (Å²) in [5.41, 5.74) is 1.97. The first-order valence-corrected chi connectivity index (χ1v) is 9.14. The molecule has 0 saturated heterocycles. The highest BCUT2D eigenvalue weighted by Crippen LogP contribution is 2.29. The lowest BCUT2D eigenvalue weighted by molar-refractivity contribution is 0.293. The molecule has 0 atom stereocenters. The standard InChI is InChI=1S/C21H17ClN2O4/c22-17-5-4-15(12-16-3-1-2-14-7-10-28-20(14)16)18(13-17)27-11-9-24-8-6-19(25)23-21(24)26/h1-8,10,13H,9,11-12H2,(H,23,25,26). The second kappa shape index (κ2) is 7.78. The third-order valence-electron chi connectivity index (χ3n) is 4.46. The van der Waals surface area contributed by atoms with Gasteiger partial charge in [0, 0.05) is 29.1 Å². The third-order valence-corrected chi connectivity index (χ3v) is 4.69. The molecule has 4 aromatic rings. The summed E-state index contributed by atoms with van der Waals surface area (Å²) in [6.07, 6.45) is 3.74. The van der Waals surface area contributed by atoms with E-state index in [1.54, 1.807) is 12.3 Å². The summed E-state index contributed by atoms with van der Waals surface area (Å²) in [5, 5.41) is 1.61. The van der Waals surface area contributed by atoms with Crippen molar-refractivity contribution in [3.8, 4) is 5.75 Å². The number of para-hydroxylation sites is 1. The highest BCUT2D eigenvalue weighted by Gasteiger charge is 2.10. The van der Waals surface area contributed by atoms with Gasteiger partial charge in [-0.25, -0.2) is 4.79 Å². The smallest absolute Gasteiger partial charge is 0.328 e. The van der Waals surface area contributed by atoms with Gasteiger partial charge in [-0.05, 0) is 29.3 Å². The number of aromatic amines is 1. The van der Waals surface area contributed by atoms with Crippen molar-refractivity contribution in [3.05, 3.63) is 98.0 Å². The SMILES string of the molecule is O=c1ccn(CCOc2cc(Cl)ccc2Cc2cccc3ccoc23)c(=O)[nH]1. The summed E-state index contributed by atoms with van der Waals surface area (Å²) in [7, 11) is 0. The van der Waals surface area contributed by atoms with Crippen molar-refractivity contribution >= 4 is 22.6 Å². The van der Waals surface area contributed by atoms with Crippen LogP contribution in [-0.4, -0.2) is 16.2 Å². The molecular weight excluding hydrogens is 380 g/mol. The topological polar surface area (TPSA) is 77.2 Å². The quantitative estimate of drug-likeness (QED) is 0.540. The van der Waals surface area contributed by atoms with Gasteiger partial charge in [-0.15, -0.1) is 0 Å². The van der Waals surface area contributed by atoms with Crippen LogP contribution in [0.5, 0.6) is 5.75 Å². The van der Waals surface area contributed by atoms with Gasteiger partial charge in [-0.3, -0.25) is 14.3 Å². The Labute approximate surface area is 165 Å². The maximum absolute atomic E-state index is 11.8. The zero-order valence-electron chi connectivity index (χ0n) is 14.9. The Balaban J connectivity index is 1.54. The Morgan fingerprint density at radius 1 is 1.07 bits per heavy atom. The average Bonchev–Trinajstić information content (AvgIpc) is 3.15. The molecule has 2 heterocycles. The number of nitrogens with zero attached hydrogens (tertiary/aromatic N) is 1. The Hall–Kier alpha value is -3.25. The molecule has 142 valence electrons. The number of hydrogen-bond donors (Lipinski definition) is 1. The first-order valence-electron chi connectivity index (χ1n) is 8.76. The first-order chi connectivity index (χ1) is 13.6. The second-order valence-electron chi connectivity index (χ2n) is 6.34. The number of hydrogen-bond acceptors (Lipinski definition) is 4. The second-order valence-corrected chi connectivity index (χ2v) is 6.77. The molecule has 2 aromatic heterocycles. The van der Waals surface area contributed by atoms with Crippen molar-refractivity contribution < 1.29 is 9.15 Å². The number of aromatic nitrogens is 2. The van der Waals surface area contributed by atoms with Crippen LogP contribution in [0.25, 0.3) is 11.0 Å². The van der Waals surface area contributed by atoms with Gasteiger partial charge in [0.15, 0.2) is 0 Å². The Morgan fingerprint density at radius 2 is 1.96 bits per heavy atom. The van der Waals surface area contributed by atoms with E-state index in [1.165, 1.54) is 16.8 Å². The van der Waals surface area contributed by atoms with Crippen LogP contribution in [0.1, 0.15) is 11.1 Å². The molecule has 0 spiro atoms. The van der Waals surface area contributed by atoms with Crippen LogP contribution in [0.4, 0.5) is 0 Å². The van der Waals surface area contributed by atoms with Crippen LogP contribution >= 0.6 is 11.6 Å². The summed E-state index contributed by atoms with van der Waals surface area (Å²) >= 11 is 6.14. The van der Waals surface area contributed by atoms with E-state index in [-0.39, 0.29) is 6.61 Å². The van der Waals surface area contributed by atoms with E-state index < -0.39 is 11.2 Å². The van der Waals surface area contributed by atoms with Gasteiger partial charge in [-0.1, -0.05) is 35.9 Å². The number of rotatable bonds is 6. The molecule has 7 heteroatoms. The summed E-state index contributed by atoms with van der Waals surface area (Å²) < 4.78 is 12.9. The van der Waals surface area contributed by atoms with Gasteiger partial charge in [0.25, 0.3) is 5.56 Å². The van der Waals surface area contributed by atoms with E-state index in [4.69, 9.17) is 20.8 Å². The van der Waals surface area contributed by atoms with E-state index in [2.05, 4.69) is 4.98 Å². The van der Waals surface area contributed by atoms with Gasteiger partial charge in [0.2, 0.25) is 0 Å². The Morgan fingerprint density at radius 3 is 2.82 bits per heavy atom. The fraction of sp³-hybridized carbons (Fsp3) is 0.143. The molecule has 0 amide bonds. The fourth-order valence-corrected chi connectivity index (χ4v) is 3.24. The van der Waals surface area contributed by atoms with Crippen molar-refractivity contribution in [3.63, 3.8) is 0 Å². The molecule has 0 fully saturated rings. The van der Waals surface area contributed by atoms with Crippen LogP contribution in [0, 0.1) is 0 Å². The minimum atomic E-state index is -0.466. The largest absolute Gasteiger partial charge is 0.491 e. The van der Waals surface area contributed by atoms with Crippen molar-refractivity contribution in [1.82, 2.24) is 9.55 Å². The molecular formula is C21H17ClN2O4. The van der Waals surface area contributed by atoms with Gasteiger partial charge < -0.3 is 9.15 Å². The minimum Gasteiger partial charge on any atom is -0.491 e. The predicted octanol–water partition coefficient (Wildman–Crippen LogP) is 3.61. The fourth-order valence-electron chi connectivity index (χ4n) is 3.08. The van der Waals surface area contributed by atoms with Crippen molar-refractivity contribution in [2.24, 2.45) is 0 Å². The van der Waals surface area contributed by atoms with E-state index in [0.29, 0.717) is 23.7 Å². The zero-order valence-corrected chi connectivity index (χ0v) is 15.6. The number of H-pyrrole nitrogens is 1. The lowest BCUT2D eigenvalue weighted by Crippen LogP contribution is -2.30. The highest BCUT2D eigenvalue weighted by atomic mass is 35.5. The molecule has 2 aromatic carbocycles. The number of benzene rings is 2. The van der Waals surface area contributed by atoms with Gasteiger partial charge in [0.1, 0.15) is 17.9 Å². The maximum Gasteiger partial charge on any atom is 0.328 e. The molecule has 28 heavy (non-hydrogen) atoms. The van der Waals surface area contributed by atoms with E-state index in [9.17, 15) is 9.59 Å². The molecule has 4 rings (SSSR count). The van der Waals surface area contributed by atoms with Crippen molar-refractivity contribution in [1.29, 1.82) is 0 Å². The molecule has 0 bridgehead atoms. The first kappa shape index (κ1) is 18.1. The molecule has 0 aliphatic rings. The number of fused-ring (bicyclic) bond motifs is 1. The highest BCUT2D eigenvalue weighted by molar-refractivity contribution is 6.30. The Kier molecular flexibility index (Phi) is 5.04. The van der Waals surface area contributed by atoms with Crippen molar-refractivity contribution in [2.75, 3.05) is 6.61 Å². The molecule has 0 aliphatic carbocycles. The molecule has 0 unspecified atom stereocenters. The number of ether oxygens (including phenoxy) is 1. The Bertz CT molecular complexity index is 1240. The molecule has 0 aliphatic heterocycles. The van der Waals surface area contributed by atoms with Crippen molar-refractivity contribution in [2.45, 2.75) is 13.0 Å². The van der Waals surface area contributed by atoms with Crippen LogP contribution < -0.4 is 16.0 Å². The number of furan rings is 1. The summed E-state index contributed by atoms with van der Waals surface area (Å²) in [4.78, 5) is 25.1. The van der Waals surface area contributed by atoms with E-state index in [1.807, 2.05) is 36.4 Å². The molecule has 1 N–H and O–H groups in total. The summed E-state index contributed by atoms with van der Waals surface area (Å²) in [6.45, 7) is 0.555. The normalized spacial score (nSPS) is 11.0. The van der Waals surface area contributed by atoms with Gasteiger partial charge >= 0.3 is 5.69 Å². The number of halogens is 1.